The lowest BCUT2D eigenvalue weighted by Crippen LogP contribution is -2.54. The molecule has 1 atom stereocenters. The van der Waals surface area contributed by atoms with E-state index in [0.29, 0.717) is 29.0 Å². The molecule has 0 aromatic heterocycles. The van der Waals surface area contributed by atoms with Gasteiger partial charge in [-0.2, -0.15) is 0 Å². The van der Waals surface area contributed by atoms with Crippen LogP contribution in [0.5, 0.6) is 0 Å². The minimum absolute atomic E-state index is 0.0872. The van der Waals surface area contributed by atoms with Crippen molar-refractivity contribution in [2.24, 2.45) is 17.8 Å². The number of allylic oxidation sites excluding steroid dienone is 1. The second-order valence-corrected chi connectivity index (χ2v) is 11.9. The topological polar surface area (TPSA) is 107 Å². The monoisotopic (exact) mass is 550 g/mol. The number of carbonyl (C=O) groups is 5. The first-order valence-corrected chi connectivity index (χ1v) is 15.1. The number of amides is 5. The Morgan fingerprint density at radius 3 is 1.98 bits per heavy atom. The summed E-state index contributed by atoms with van der Waals surface area (Å²) in [5.41, 5.74) is 1.20. The van der Waals surface area contributed by atoms with Crippen LogP contribution in [-0.2, 0) is 24.0 Å². The number of hydrogen-bond acceptors (Lipinski definition) is 6. The number of hydrogen-bond donors (Lipinski definition) is 1. The fraction of sp³-hybridized carbons (Fsp3) is 0.645. The maximum atomic E-state index is 13.6. The quantitative estimate of drug-likeness (QED) is 0.510. The van der Waals surface area contributed by atoms with Crippen molar-refractivity contribution in [1.82, 2.24) is 20.0 Å². The Morgan fingerprint density at radius 2 is 1.43 bits per heavy atom. The summed E-state index contributed by atoms with van der Waals surface area (Å²) in [6.07, 6.45) is 13.3. The highest BCUT2D eigenvalue weighted by Crippen LogP contribution is 2.38. The molecular formula is C31H42N4O5. The van der Waals surface area contributed by atoms with E-state index in [1.807, 2.05) is 13.0 Å². The van der Waals surface area contributed by atoms with E-state index in [2.05, 4.69) is 21.7 Å². The van der Waals surface area contributed by atoms with Gasteiger partial charge in [0.05, 0.1) is 11.1 Å². The van der Waals surface area contributed by atoms with Gasteiger partial charge >= 0.3 is 0 Å². The van der Waals surface area contributed by atoms with Crippen LogP contribution in [-0.4, -0.2) is 76.5 Å². The number of nitrogens with zero attached hydrogens (tertiary/aromatic N) is 3. The van der Waals surface area contributed by atoms with Gasteiger partial charge in [-0.25, -0.2) is 0 Å². The van der Waals surface area contributed by atoms with Crippen molar-refractivity contribution in [3.05, 3.63) is 35.6 Å². The molecule has 0 radical (unpaired) electrons. The van der Waals surface area contributed by atoms with Crippen LogP contribution in [0.1, 0.15) is 77.6 Å². The van der Waals surface area contributed by atoms with E-state index in [1.54, 1.807) is 0 Å². The Bertz CT molecular complexity index is 1130. The number of carbonyl (C=O) groups excluding carboxylic acids is 5. The second kappa shape index (κ2) is 12.1. The molecule has 4 heterocycles. The lowest BCUT2D eigenvalue weighted by atomic mass is 9.78. The van der Waals surface area contributed by atoms with Crippen LogP contribution >= 0.6 is 0 Å². The molecule has 5 amide bonds. The maximum absolute atomic E-state index is 13.6. The molecule has 5 rings (SSSR count). The molecule has 5 aliphatic rings. The van der Waals surface area contributed by atoms with E-state index in [0.717, 1.165) is 69.6 Å². The first kappa shape index (κ1) is 28.3. The zero-order chi connectivity index (χ0) is 28.4. The zero-order valence-corrected chi connectivity index (χ0v) is 23.7. The third-order valence-electron chi connectivity index (χ3n) is 9.76. The van der Waals surface area contributed by atoms with Gasteiger partial charge in [-0.05, 0) is 63.7 Å². The Hall–Kier alpha value is -3.23. The van der Waals surface area contributed by atoms with Crippen LogP contribution in [0.25, 0.3) is 0 Å². The molecule has 40 heavy (non-hydrogen) atoms. The molecule has 4 aliphatic heterocycles. The van der Waals surface area contributed by atoms with Crippen LogP contribution < -0.4 is 5.32 Å². The number of imide groups is 2. The maximum Gasteiger partial charge on any atom is 0.264 e. The largest absolute Gasteiger partial charge is 0.371 e. The van der Waals surface area contributed by atoms with Gasteiger partial charge in [0.1, 0.15) is 6.04 Å². The highest BCUT2D eigenvalue weighted by atomic mass is 16.2. The van der Waals surface area contributed by atoms with Crippen LogP contribution in [0.2, 0.25) is 0 Å². The van der Waals surface area contributed by atoms with Crippen LogP contribution in [0.3, 0.4) is 0 Å². The van der Waals surface area contributed by atoms with E-state index in [1.165, 1.54) is 25.3 Å². The SMILES string of the molecule is C=CC1=C(/C(=C\C)N2CCC(C3CCN(C(=O)C4CCCCC4)CC3)CC2)C(=O)N(C2CCC(=O)NC2=O)C1=O. The van der Waals surface area contributed by atoms with Crippen LogP contribution in [0, 0.1) is 17.8 Å². The van der Waals surface area contributed by atoms with Crippen LogP contribution in [0.4, 0.5) is 0 Å². The molecule has 0 bridgehead atoms. The second-order valence-electron chi connectivity index (χ2n) is 11.9. The molecule has 3 saturated heterocycles. The summed E-state index contributed by atoms with van der Waals surface area (Å²) >= 11 is 0. The van der Waals surface area contributed by atoms with Gasteiger partial charge in [-0.1, -0.05) is 38.0 Å². The van der Waals surface area contributed by atoms with Gasteiger partial charge < -0.3 is 9.80 Å². The van der Waals surface area contributed by atoms with Crippen molar-refractivity contribution in [2.45, 2.75) is 83.6 Å². The average Bonchev–Trinajstić information content (AvgIpc) is 3.22. The summed E-state index contributed by atoms with van der Waals surface area (Å²) in [5.74, 6) is -0.249. The third kappa shape index (κ3) is 5.39. The number of rotatable bonds is 6. The zero-order valence-electron chi connectivity index (χ0n) is 23.7. The summed E-state index contributed by atoms with van der Waals surface area (Å²) in [5, 5.41) is 2.25. The van der Waals surface area contributed by atoms with E-state index in [9.17, 15) is 24.0 Å². The van der Waals surface area contributed by atoms with E-state index >= 15 is 0 Å². The molecule has 0 aromatic carbocycles. The molecule has 4 fully saturated rings. The summed E-state index contributed by atoms with van der Waals surface area (Å²) in [7, 11) is 0. The summed E-state index contributed by atoms with van der Waals surface area (Å²) in [6.45, 7) is 8.93. The Balaban J connectivity index is 1.19. The molecule has 9 heteroatoms. The lowest BCUT2D eigenvalue weighted by molar-refractivity contribution is -0.150. The van der Waals surface area contributed by atoms with Crippen molar-refractivity contribution >= 4 is 29.5 Å². The van der Waals surface area contributed by atoms with Gasteiger partial charge in [-0.3, -0.25) is 34.2 Å². The molecule has 1 N–H and O–H groups in total. The summed E-state index contributed by atoms with van der Waals surface area (Å²) < 4.78 is 0. The third-order valence-corrected chi connectivity index (χ3v) is 9.76. The van der Waals surface area contributed by atoms with Crippen molar-refractivity contribution in [1.29, 1.82) is 0 Å². The standard InChI is InChI=1S/C31H42N4O5/c1-3-23-27(31(40)35(30(23)39)25-10-11-26(36)32-28(25)37)24(4-2)33-16-12-20(13-17-33)21-14-18-34(19-15-21)29(38)22-8-6-5-7-9-22/h3-4,20-22,25H,1,5-19H2,2H3,(H,32,36,37)/b24-4+. The van der Waals surface area contributed by atoms with E-state index < -0.39 is 29.7 Å². The van der Waals surface area contributed by atoms with E-state index in [-0.39, 0.29) is 24.3 Å². The van der Waals surface area contributed by atoms with Gasteiger partial charge in [-0.15, -0.1) is 0 Å². The van der Waals surface area contributed by atoms with Gasteiger partial charge in [0.15, 0.2) is 0 Å². The molecular weight excluding hydrogens is 508 g/mol. The molecule has 1 aliphatic carbocycles. The van der Waals surface area contributed by atoms with Crippen molar-refractivity contribution in [2.75, 3.05) is 26.2 Å². The minimum atomic E-state index is -0.996. The normalized spacial score (nSPS) is 26.6. The molecule has 0 spiro atoms. The first-order chi connectivity index (χ1) is 19.3. The fourth-order valence-corrected chi connectivity index (χ4v) is 7.51. The van der Waals surface area contributed by atoms with Crippen molar-refractivity contribution < 1.29 is 24.0 Å². The smallest absolute Gasteiger partial charge is 0.264 e. The van der Waals surface area contributed by atoms with Crippen molar-refractivity contribution in [3.8, 4) is 0 Å². The molecule has 1 saturated carbocycles. The predicted molar refractivity (Wildman–Crippen MR) is 149 cm³/mol. The van der Waals surface area contributed by atoms with Gasteiger partial charge in [0.2, 0.25) is 17.7 Å². The molecule has 9 nitrogen and oxygen atoms in total. The summed E-state index contributed by atoms with van der Waals surface area (Å²) in [4.78, 5) is 69.2. The summed E-state index contributed by atoms with van der Waals surface area (Å²) in [6, 6.07) is -0.996. The highest BCUT2D eigenvalue weighted by Gasteiger charge is 2.47. The Kier molecular flexibility index (Phi) is 8.57. The van der Waals surface area contributed by atoms with Gasteiger partial charge in [0.25, 0.3) is 11.8 Å². The van der Waals surface area contributed by atoms with Crippen LogP contribution in [0.15, 0.2) is 35.6 Å². The number of nitrogens with one attached hydrogen (secondary N) is 1. The number of likely N-dealkylation sites (tertiary alicyclic amines) is 2. The molecule has 1 unspecified atom stereocenters. The molecule has 0 aromatic rings. The first-order valence-electron chi connectivity index (χ1n) is 15.1. The minimum Gasteiger partial charge on any atom is -0.371 e. The lowest BCUT2D eigenvalue weighted by Gasteiger charge is -2.42. The Morgan fingerprint density at radius 1 is 0.825 bits per heavy atom. The van der Waals surface area contributed by atoms with Gasteiger partial charge in [0, 0.05) is 44.2 Å². The van der Waals surface area contributed by atoms with Crippen molar-refractivity contribution in [3.63, 3.8) is 0 Å². The number of piperidine rings is 3. The fourth-order valence-electron chi connectivity index (χ4n) is 7.51. The Labute approximate surface area is 236 Å². The molecule has 216 valence electrons. The van der Waals surface area contributed by atoms with E-state index in [4.69, 9.17) is 0 Å². The highest BCUT2D eigenvalue weighted by molar-refractivity contribution is 6.24. The predicted octanol–water partition coefficient (Wildman–Crippen LogP) is 3.08. The average molecular weight is 551 g/mol.